The molecule has 0 spiro atoms. The Morgan fingerprint density at radius 1 is 1.24 bits per heavy atom. The van der Waals surface area contributed by atoms with Crippen LogP contribution < -0.4 is 4.74 Å². The van der Waals surface area contributed by atoms with Crippen molar-refractivity contribution in [1.29, 1.82) is 5.41 Å². The second-order valence-electron chi connectivity index (χ2n) is 6.42. The molecule has 0 aliphatic rings. The van der Waals surface area contributed by atoms with Crippen molar-refractivity contribution in [2.45, 2.75) is 26.7 Å². The minimum atomic E-state index is -0.853. The lowest BCUT2D eigenvalue weighted by Crippen LogP contribution is -2.10. The molecule has 154 valence electrons. The number of thiol groups is 1. The molecule has 29 heavy (non-hydrogen) atoms. The van der Waals surface area contributed by atoms with Crippen LogP contribution in [0, 0.1) is 25.1 Å². The number of halogens is 3. The Bertz CT molecular complexity index is 992. The first kappa shape index (κ1) is 23.3. The highest BCUT2D eigenvalue weighted by atomic mass is 35.5. The number of carbonyl (C=O) groups is 1. The Morgan fingerprint density at radius 3 is 2.52 bits per heavy atom. The highest BCUT2D eigenvalue weighted by molar-refractivity contribution is 7.90. The maximum Gasteiger partial charge on any atom is 0.303 e. The van der Waals surface area contributed by atoms with E-state index in [1.807, 2.05) is 19.9 Å². The minimum absolute atomic E-state index is 0.0481. The number of hydrogen-bond acceptors (Lipinski definition) is 4. The summed E-state index contributed by atoms with van der Waals surface area (Å²) < 4.78 is 20.0. The second kappa shape index (κ2) is 10.1. The quantitative estimate of drug-likeness (QED) is 0.335. The normalized spacial score (nSPS) is 11.8. The molecular formula is C21H20Cl2FNO3S. The third-order valence-corrected chi connectivity index (χ3v) is 5.54. The number of carboxylic acids is 1. The standard InChI is InChI=1S/C21H20Cl2FNO3S/c1-11-12(2)18(7-3-13(11)4-8-19(26)27)28-10-16(21(23)25)20(29)15-6-5-14(22)9-17(15)24/h3,5-7,9,25,29H,4,8,10H2,1-2H3,(H,26,27)/b20-16-,25-21?. The maximum atomic E-state index is 14.2. The third kappa shape index (κ3) is 5.98. The lowest BCUT2D eigenvalue weighted by Gasteiger charge is -2.16. The monoisotopic (exact) mass is 455 g/mol. The number of hydrogen-bond donors (Lipinski definition) is 3. The average molecular weight is 456 g/mol. The molecule has 0 heterocycles. The van der Waals surface area contributed by atoms with E-state index in [1.165, 1.54) is 12.1 Å². The van der Waals surface area contributed by atoms with Crippen molar-refractivity contribution in [1.82, 2.24) is 0 Å². The number of aryl methyl sites for hydroxylation is 1. The van der Waals surface area contributed by atoms with Crippen LogP contribution in [0.4, 0.5) is 4.39 Å². The SMILES string of the molecule is Cc1c(CCC(=O)O)ccc(OC/C(C(=N)Cl)=C(/S)c2ccc(Cl)cc2F)c1C. The summed E-state index contributed by atoms with van der Waals surface area (Å²) in [5.41, 5.74) is 3.11. The molecular weight excluding hydrogens is 436 g/mol. The first-order chi connectivity index (χ1) is 13.6. The number of rotatable bonds is 8. The average Bonchev–Trinajstić information content (AvgIpc) is 2.63. The van der Waals surface area contributed by atoms with Crippen molar-refractivity contribution in [2.75, 3.05) is 6.61 Å². The summed E-state index contributed by atoms with van der Waals surface area (Å²) in [5.74, 6) is -0.865. The van der Waals surface area contributed by atoms with E-state index in [9.17, 15) is 9.18 Å². The molecule has 2 N–H and O–H groups in total. The van der Waals surface area contributed by atoms with Gasteiger partial charge >= 0.3 is 5.97 Å². The summed E-state index contributed by atoms with van der Waals surface area (Å²) in [6.07, 6.45) is 0.475. The summed E-state index contributed by atoms with van der Waals surface area (Å²) in [6, 6.07) is 7.71. The van der Waals surface area contributed by atoms with Gasteiger partial charge in [-0.3, -0.25) is 10.2 Å². The van der Waals surface area contributed by atoms with E-state index in [1.54, 1.807) is 6.07 Å². The number of nitrogens with one attached hydrogen (secondary N) is 1. The first-order valence-electron chi connectivity index (χ1n) is 8.67. The molecule has 0 amide bonds. The fourth-order valence-electron chi connectivity index (χ4n) is 2.75. The molecule has 0 bridgehead atoms. The highest BCUT2D eigenvalue weighted by Gasteiger charge is 2.16. The van der Waals surface area contributed by atoms with Crippen LogP contribution >= 0.6 is 35.8 Å². The molecule has 0 aromatic heterocycles. The van der Waals surface area contributed by atoms with Gasteiger partial charge in [0, 0.05) is 27.5 Å². The van der Waals surface area contributed by atoms with Gasteiger partial charge in [0.2, 0.25) is 0 Å². The molecule has 0 saturated heterocycles. The molecule has 0 fully saturated rings. The Morgan fingerprint density at radius 2 is 1.93 bits per heavy atom. The van der Waals surface area contributed by atoms with Crippen molar-refractivity contribution in [3.8, 4) is 5.75 Å². The van der Waals surface area contributed by atoms with Crippen LogP contribution in [0.25, 0.3) is 4.91 Å². The second-order valence-corrected chi connectivity index (χ2v) is 7.68. The van der Waals surface area contributed by atoms with Crippen LogP contribution in [0.1, 0.15) is 28.7 Å². The zero-order valence-electron chi connectivity index (χ0n) is 15.9. The molecule has 0 radical (unpaired) electrons. The van der Waals surface area contributed by atoms with Gasteiger partial charge in [-0.05, 0) is 61.2 Å². The van der Waals surface area contributed by atoms with Gasteiger partial charge in [-0.2, -0.15) is 0 Å². The first-order valence-corrected chi connectivity index (χ1v) is 9.87. The molecule has 0 saturated carbocycles. The topological polar surface area (TPSA) is 70.4 Å². The fourth-order valence-corrected chi connectivity index (χ4v) is 3.48. The fraction of sp³-hybridized carbons (Fsp3) is 0.238. The Balaban J connectivity index is 2.28. The smallest absolute Gasteiger partial charge is 0.303 e. The van der Waals surface area contributed by atoms with E-state index in [0.29, 0.717) is 12.2 Å². The molecule has 2 aromatic carbocycles. The predicted octanol–water partition coefficient (Wildman–Crippen LogP) is 6.05. The lowest BCUT2D eigenvalue weighted by molar-refractivity contribution is -0.136. The van der Waals surface area contributed by atoms with E-state index < -0.39 is 11.8 Å². The Hall–Kier alpha value is -2.02. The lowest BCUT2D eigenvalue weighted by atomic mass is 9.99. The number of ether oxygens (including phenoxy) is 1. The van der Waals surface area contributed by atoms with Crippen molar-refractivity contribution in [3.05, 3.63) is 69.0 Å². The largest absolute Gasteiger partial charge is 0.488 e. The van der Waals surface area contributed by atoms with Gasteiger partial charge in [0.15, 0.2) is 0 Å². The van der Waals surface area contributed by atoms with Crippen LogP contribution in [-0.4, -0.2) is 22.9 Å². The molecule has 0 atom stereocenters. The highest BCUT2D eigenvalue weighted by Crippen LogP contribution is 2.30. The van der Waals surface area contributed by atoms with Crippen molar-refractivity contribution >= 4 is 51.9 Å². The van der Waals surface area contributed by atoms with Crippen LogP contribution in [0.15, 0.2) is 35.9 Å². The van der Waals surface area contributed by atoms with Gasteiger partial charge in [0.1, 0.15) is 23.3 Å². The summed E-state index contributed by atoms with van der Waals surface area (Å²) >= 11 is 16.0. The Labute approximate surface area is 184 Å². The van der Waals surface area contributed by atoms with Crippen LogP contribution in [0.3, 0.4) is 0 Å². The summed E-state index contributed by atoms with van der Waals surface area (Å²) in [5, 5.41) is 16.6. The van der Waals surface area contributed by atoms with Gasteiger partial charge in [-0.1, -0.05) is 29.3 Å². The van der Waals surface area contributed by atoms with Crippen LogP contribution in [0.2, 0.25) is 5.02 Å². The molecule has 0 unspecified atom stereocenters. The van der Waals surface area contributed by atoms with Crippen molar-refractivity contribution in [2.24, 2.45) is 0 Å². The maximum absolute atomic E-state index is 14.2. The van der Waals surface area contributed by atoms with Crippen molar-refractivity contribution < 1.29 is 19.0 Å². The minimum Gasteiger partial charge on any atom is -0.488 e. The van der Waals surface area contributed by atoms with Crippen LogP contribution in [0.5, 0.6) is 5.75 Å². The summed E-state index contributed by atoms with van der Waals surface area (Å²) in [7, 11) is 0. The van der Waals surface area contributed by atoms with E-state index in [0.717, 1.165) is 22.8 Å². The number of benzene rings is 2. The molecule has 2 aromatic rings. The summed E-state index contributed by atoms with van der Waals surface area (Å²) in [6.45, 7) is 3.68. The number of carboxylic acid groups (broad SMARTS) is 1. The number of aliphatic carboxylic acids is 1. The van der Waals surface area contributed by atoms with Gasteiger partial charge in [0.05, 0.1) is 0 Å². The van der Waals surface area contributed by atoms with Gasteiger partial charge < -0.3 is 9.84 Å². The molecule has 4 nitrogen and oxygen atoms in total. The van der Waals surface area contributed by atoms with E-state index in [4.69, 9.17) is 38.5 Å². The van der Waals surface area contributed by atoms with Gasteiger partial charge in [0.25, 0.3) is 0 Å². The van der Waals surface area contributed by atoms with Gasteiger partial charge in [-0.15, -0.1) is 12.6 Å². The molecule has 2 rings (SSSR count). The van der Waals surface area contributed by atoms with E-state index >= 15 is 0 Å². The molecule has 8 heteroatoms. The van der Waals surface area contributed by atoms with Gasteiger partial charge in [-0.25, -0.2) is 4.39 Å². The predicted molar refractivity (Wildman–Crippen MR) is 118 cm³/mol. The van der Waals surface area contributed by atoms with Crippen molar-refractivity contribution in [3.63, 3.8) is 0 Å². The van der Waals surface area contributed by atoms with Crippen LogP contribution in [-0.2, 0) is 11.2 Å². The Kier molecular flexibility index (Phi) is 8.14. The molecule has 0 aliphatic heterocycles. The summed E-state index contributed by atoms with van der Waals surface area (Å²) in [4.78, 5) is 11.0. The molecule has 0 aliphatic carbocycles. The third-order valence-electron chi connectivity index (χ3n) is 4.57. The zero-order chi connectivity index (χ0) is 21.7. The van der Waals surface area contributed by atoms with E-state index in [-0.39, 0.29) is 39.3 Å². The van der Waals surface area contributed by atoms with E-state index in [2.05, 4.69) is 12.6 Å². The zero-order valence-corrected chi connectivity index (χ0v) is 18.3.